The van der Waals surface area contributed by atoms with Gasteiger partial charge in [-0.1, -0.05) is 43.7 Å². The Kier molecular flexibility index (Phi) is 5.51. The highest BCUT2D eigenvalue weighted by molar-refractivity contribution is 5.72. The second-order valence-electron chi connectivity index (χ2n) is 5.66. The fourth-order valence-corrected chi connectivity index (χ4v) is 1.95. The van der Waals surface area contributed by atoms with Gasteiger partial charge < -0.3 is 16.2 Å². The number of carbonyl (C=O) groups is 1. The van der Waals surface area contributed by atoms with E-state index in [-0.39, 0.29) is 5.41 Å². The van der Waals surface area contributed by atoms with Crippen molar-refractivity contribution < 1.29 is 9.90 Å². The molecule has 0 bridgehead atoms. The summed E-state index contributed by atoms with van der Waals surface area (Å²) in [7, 11) is 0. The Bertz CT molecular complexity index is 430. The minimum absolute atomic E-state index is 0.0132. The summed E-state index contributed by atoms with van der Waals surface area (Å²) < 4.78 is 0. The van der Waals surface area contributed by atoms with Crippen molar-refractivity contribution in [3.63, 3.8) is 0 Å². The summed E-state index contributed by atoms with van der Waals surface area (Å²) in [4.78, 5) is 10.6. The Labute approximate surface area is 115 Å². The lowest BCUT2D eigenvalue weighted by atomic mass is 9.84. The normalized spacial score (nSPS) is 13.3. The van der Waals surface area contributed by atoms with Gasteiger partial charge in [0.2, 0.25) is 0 Å². The Morgan fingerprint density at radius 2 is 2.16 bits per heavy atom. The maximum Gasteiger partial charge on any atom is 0.320 e. The highest BCUT2D eigenvalue weighted by Crippen LogP contribution is 2.22. The molecule has 0 saturated carbocycles. The summed E-state index contributed by atoms with van der Waals surface area (Å²) in [6, 6.07) is 7.67. The molecule has 0 radical (unpaired) electrons. The van der Waals surface area contributed by atoms with Crippen molar-refractivity contribution >= 4 is 5.97 Å². The third kappa shape index (κ3) is 5.01. The van der Waals surface area contributed by atoms with Crippen molar-refractivity contribution in [1.29, 1.82) is 0 Å². The maximum absolute atomic E-state index is 10.6. The summed E-state index contributed by atoms with van der Waals surface area (Å²) in [6.45, 7) is 7.84. The van der Waals surface area contributed by atoms with Crippen LogP contribution in [0, 0.1) is 6.92 Å². The summed E-state index contributed by atoms with van der Waals surface area (Å²) in [5.41, 5.74) is 8.00. The molecule has 1 rings (SSSR count). The van der Waals surface area contributed by atoms with Gasteiger partial charge >= 0.3 is 5.97 Å². The van der Waals surface area contributed by atoms with Gasteiger partial charge in [0.25, 0.3) is 0 Å². The van der Waals surface area contributed by atoms with Crippen LogP contribution in [0.3, 0.4) is 0 Å². The first-order valence-electron chi connectivity index (χ1n) is 6.59. The van der Waals surface area contributed by atoms with Crippen LogP contribution in [0.15, 0.2) is 24.3 Å². The van der Waals surface area contributed by atoms with E-state index in [0.717, 1.165) is 6.54 Å². The Morgan fingerprint density at radius 1 is 1.47 bits per heavy atom. The topological polar surface area (TPSA) is 75.3 Å². The molecule has 106 valence electrons. The number of nitrogens with two attached hydrogens (primary N) is 1. The summed E-state index contributed by atoms with van der Waals surface area (Å²) in [5.74, 6) is -0.945. The fraction of sp³-hybridized carbons (Fsp3) is 0.533. The molecule has 0 heterocycles. The number of carboxylic acid groups (broad SMARTS) is 1. The largest absolute Gasteiger partial charge is 0.480 e. The first-order chi connectivity index (χ1) is 8.83. The van der Waals surface area contributed by atoms with Crippen LogP contribution in [0.5, 0.6) is 0 Å². The third-order valence-electron chi connectivity index (χ3n) is 3.32. The van der Waals surface area contributed by atoms with Crippen molar-refractivity contribution in [2.45, 2.75) is 38.6 Å². The number of aliphatic carboxylic acids is 1. The quantitative estimate of drug-likeness (QED) is 0.655. The first-order valence-corrected chi connectivity index (χ1v) is 6.59. The van der Waals surface area contributed by atoms with Gasteiger partial charge in [-0.25, -0.2) is 0 Å². The Balaban J connectivity index is 2.45. The first kappa shape index (κ1) is 15.7. The summed E-state index contributed by atoms with van der Waals surface area (Å²) >= 11 is 0. The van der Waals surface area contributed by atoms with E-state index in [1.165, 1.54) is 11.1 Å². The second-order valence-corrected chi connectivity index (χ2v) is 5.66. The molecule has 1 aromatic carbocycles. The van der Waals surface area contributed by atoms with Gasteiger partial charge in [-0.2, -0.15) is 0 Å². The fourth-order valence-electron chi connectivity index (χ4n) is 1.95. The van der Waals surface area contributed by atoms with Crippen LogP contribution < -0.4 is 11.1 Å². The van der Waals surface area contributed by atoms with E-state index in [0.29, 0.717) is 13.0 Å². The molecule has 0 spiro atoms. The Hall–Kier alpha value is -1.39. The van der Waals surface area contributed by atoms with Gasteiger partial charge in [0.05, 0.1) is 0 Å². The van der Waals surface area contributed by atoms with Crippen molar-refractivity contribution in [2.75, 3.05) is 13.1 Å². The lowest BCUT2D eigenvalue weighted by Crippen LogP contribution is -2.37. The third-order valence-corrected chi connectivity index (χ3v) is 3.32. The predicted molar refractivity (Wildman–Crippen MR) is 77.3 cm³/mol. The number of benzene rings is 1. The Morgan fingerprint density at radius 3 is 2.74 bits per heavy atom. The molecule has 0 aliphatic heterocycles. The average Bonchev–Trinajstić information content (AvgIpc) is 2.34. The monoisotopic (exact) mass is 264 g/mol. The molecule has 4 nitrogen and oxygen atoms in total. The molecule has 0 aliphatic rings. The van der Waals surface area contributed by atoms with Crippen LogP contribution in [-0.2, 0) is 10.2 Å². The lowest BCUT2D eigenvalue weighted by Gasteiger charge is -2.26. The van der Waals surface area contributed by atoms with E-state index in [4.69, 9.17) is 10.8 Å². The van der Waals surface area contributed by atoms with Crippen LogP contribution in [-0.4, -0.2) is 30.2 Å². The van der Waals surface area contributed by atoms with E-state index in [9.17, 15) is 4.79 Å². The molecule has 1 atom stereocenters. The SMILES string of the molecule is Cc1cccc(C(C)(C)CNCCC(N)C(=O)O)c1. The minimum atomic E-state index is -0.945. The zero-order valence-corrected chi connectivity index (χ0v) is 11.9. The number of nitrogens with one attached hydrogen (secondary N) is 1. The average molecular weight is 264 g/mol. The number of hydrogen-bond acceptors (Lipinski definition) is 3. The van der Waals surface area contributed by atoms with Gasteiger partial charge in [0.15, 0.2) is 0 Å². The van der Waals surface area contributed by atoms with E-state index < -0.39 is 12.0 Å². The van der Waals surface area contributed by atoms with Crippen LogP contribution in [0.2, 0.25) is 0 Å². The smallest absolute Gasteiger partial charge is 0.320 e. The number of carboxylic acids is 1. The molecule has 0 amide bonds. The van der Waals surface area contributed by atoms with Crippen LogP contribution in [0.1, 0.15) is 31.4 Å². The zero-order chi connectivity index (χ0) is 14.5. The van der Waals surface area contributed by atoms with Crippen molar-refractivity contribution in [1.82, 2.24) is 5.32 Å². The predicted octanol–water partition coefficient (Wildman–Crippen LogP) is 1.66. The molecule has 0 aliphatic carbocycles. The highest BCUT2D eigenvalue weighted by atomic mass is 16.4. The van der Waals surface area contributed by atoms with Gasteiger partial charge in [0.1, 0.15) is 6.04 Å². The van der Waals surface area contributed by atoms with Gasteiger partial charge in [-0.15, -0.1) is 0 Å². The minimum Gasteiger partial charge on any atom is -0.480 e. The van der Waals surface area contributed by atoms with Crippen molar-refractivity contribution in [2.24, 2.45) is 5.73 Å². The van der Waals surface area contributed by atoms with E-state index >= 15 is 0 Å². The number of hydrogen-bond donors (Lipinski definition) is 3. The highest BCUT2D eigenvalue weighted by Gasteiger charge is 2.20. The van der Waals surface area contributed by atoms with Crippen LogP contribution in [0.4, 0.5) is 0 Å². The molecule has 4 heteroatoms. The standard InChI is InChI=1S/C15H24N2O2/c1-11-5-4-6-12(9-11)15(2,3)10-17-8-7-13(16)14(18)19/h4-6,9,13,17H,7-8,10,16H2,1-3H3,(H,18,19). The van der Waals surface area contributed by atoms with Gasteiger partial charge in [0, 0.05) is 12.0 Å². The molecule has 1 aromatic rings. The molecular weight excluding hydrogens is 240 g/mol. The molecular formula is C15H24N2O2. The van der Waals surface area contributed by atoms with Crippen molar-refractivity contribution in [3.05, 3.63) is 35.4 Å². The summed E-state index contributed by atoms with van der Waals surface area (Å²) in [6.07, 6.45) is 0.444. The van der Waals surface area contributed by atoms with Gasteiger partial charge in [-0.3, -0.25) is 4.79 Å². The number of aryl methyl sites for hydroxylation is 1. The molecule has 0 fully saturated rings. The van der Waals surface area contributed by atoms with Crippen LogP contribution >= 0.6 is 0 Å². The van der Waals surface area contributed by atoms with E-state index in [1.54, 1.807) is 0 Å². The molecule has 0 aromatic heterocycles. The van der Waals surface area contributed by atoms with Crippen molar-refractivity contribution in [3.8, 4) is 0 Å². The van der Waals surface area contributed by atoms with Crippen LogP contribution in [0.25, 0.3) is 0 Å². The lowest BCUT2D eigenvalue weighted by molar-refractivity contribution is -0.138. The molecule has 1 unspecified atom stereocenters. The summed E-state index contributed by atoms with van der Waals surface area (Å²) in [5, 5.41) is 12.0. The molecule has 19 heavy (non-hydrogen) atoms. The zero-order valence-electron chi connectivity index (χ0n) is 11.9. The molecule has 4 N–H and O–H groups in total. The van der Waals surface area contributed by atoms with Gasteiger partial charge in [-0.05, 0) is 25.5 Å². The second kappa shape index (κ2) is 6.68. The molecule has 0 saturated heterocycles. The number of rotatable bonds is 7. The van der Waals surface area contributed by atoms with E-state index in [2.05, 4.69) is 50.4 Å². The van der Waals surface area contributed by atoms with E-state index in [1.807, 2.05) is 0 Å². The maximum atomic E-state index is 10.6.